The molecule has 10 heteroatoms. The topological polar surface area (TPSA) is 72.3 Å². The SMILES string of the molecule is O=C(O)c1c(Oc2ncc(Cl)cn2)ccc(CC(F)C(F)F)c1Br. The molecule has 128 valence electrons. The maximum atomic E-state index is 13.2. The van der Waals surface area contributed by atoms with E-state index >= 15 is 0 Å². The maximum absolute atomic E-state index is 13.2. The highest BCUT2D eigenvalue weighted by atomic mass is 79.9. The summed E-state index contributed by atoms with van der Waals surface area (Å²) < 4.78 is 43.1. The van der Waals surface area contributed by atoms with Gasteiger partial charge in [-0.2, -0.15) is 0 Å². The quantitative estimate of drug-likeness (QED) is 0.736. The van der Waals surface area contributed by atoms with Gasteiger partial charge in [0.2, 0.25) is 0 Å². The van der Waals surface area contributed by atoms with Gasteiger partial charge in [-0.1, -0.05) is 17.7 Å². The Hall–Kier alpha value is -1.87. The number of aromatic nitrogens is 2. The van der Waals surface area contributed by atoms with Gasteiger partial charge in [0.25, 0.3) is 6.43 Å². The second-order valence-corrected chi connectivity index (χ2v) is 5.79. The van der Waals surface area contributed by atoms with Crippen molar-refractivity contribution >= 4 is 33.5 Å². The molecule has 0 bridgehead atoms. The molecule has 1 N–H and O–H groups in total. The number of rotatable bonds is 6. The summed E-state index contributed by atoms with van der Waals surface area (Å²) in [6.45, 7) is 0. The molecule has 2 rings (SSSR count). The fourth-order valence-electron chi connectivity index (χ4n) is 1.79. The normalized spacial score (nSPS) is 12.2. The molecule has 1 aromatic heterocycles. The first-order chi connectivity index (χ1) is 11.3. The van der Waals surface area contributed by atoms with E-state index in [1.54, 1.807) is 0 Å². The van der Waals surface area contributed by atoms with Crippen LogP contribution in [0.25, 0.3) is 0 Å². The molecule has 0 fully saturated rings. The molecule has 0 saturated carbocycles. The summed E-state index contributed by atoms with van der Waals surface area (Å²) in [6.07, 6.45) is -3.71. The molecule has 5 nitrogen and oxygen atoms in total. The van der Waals surface area contributed by atoms with Gasteiger partial charge in [-0.25, -0.2) is 27.9 Å². The predicted octanol–water partition coefficient (Wildman–Crippen LogP) is 4.53. The van der Waals surface area contributed by atoms with Crippen LogP contribution in [0.2, 0.25) is 5.02 Å². The standard InChI is InChI=1S/C14H9BrClF3N2O3/c15-11-6(3-8(17)12(18)19)1-2-9(10(11)13(22)23)24-14-20-4-7(16)5-21-14/h1-2,4-5,8,12H,3H2,(H,22,23). The third kappa shape index (κ3) is 4.35. The van der Waals surface area contributed by atoms with E-state index in [9.17, 15) is 23.1 Å². The first-order valence-corrected chi connectivity index (χ1v) is 7.59. The van der Waals surface area contributed by atoms with Crippen molar-refractivity contribution in [1.29, 1.82) is 0 Å². The Kier molecular flexibility index (Phi) is 6.00. The molecular weight excluding hydrogens is 417 g/mol. The lowest BCUT2D eigenvalue weighted by Gasteiger charge is -2.14. The highest BCUT2D eigenvalue weighted by Gasteiger charge is 2.25. The fourth-order valence-corrected chi connectivity index (χ4v) is 2.55. The molecule has 0 saturated heterocycles. The van der Waals surface area contributed by atoms with Crippen molar-refractivity contribution in [1.82, 2.24) is 9.97 Å². The molecule has 0 amide bonds. The summed E-state index contributed by atoms with van der Waals surface area (Å²) in [6, 6.07) is 2.36. The second-order valence-electron chi connectivity index (χ2n) is 4.56. The zero-order valence-electron chi connectivity index (χ0n) is 11.7. The van der Waals surface area contributed by atoms with Crippen LogP contribution in [0.1, 0.15) is 15.9 Å². The van der Waals surface area contributed by atoms with Crippen LogP contribution >= 0.6 is 27.5 Å². The number of benzene rings is 1. The summed E-state index contributed by atoms with van der Waals surface area (Å²) in [5.41, 5.74) is -0.280. The first kappa shape index (κ1) is 18.5. The van der Waals surface area contributed by atoms with Crippen LogP contribution in [0, 0.1) is 0 Å². The number of carboxylic acids is 1. The van der Waals surface area contributed by atoms with Gasteiger partial charge < -0.3 is 9.84 Å². The Bertz CT molecular complexity index is 747. The highest BCUT2D eigenvalue weighted by molar-refractivity contribution is 9.10. The Morgan fingerprint density at radius 2 is 1.92 bits per heavy atom. The number of halogens is 5. The minimum atomic E-state index is -3.16. The molecule has 0 aliphatic heterocycles. The average molecular weight is 426 g/mol. The van der Waals surface area contributed by atoms with E-state index in [0.717, 1.165) is 0 Å². The van der Waals surface area contributed by atoms with Gasteiger partial charge in [0, 0.05) is 10.9 Å². The molecule has 1 atom stereocenters. The molecule has 0 radical (unpaired) electrons. The van der Waals surface area contributed by atoms with Crippen molar-refractivity contribution in [2.24, 2.45) is 0 Å². The van der Waals surface area contributed by atoms with Crippen LogP contribution in [-0.2, 0) is 6.42 Å². The van der Waals surface area contributed by atoms with E-state index < -0.39 is 25.0 Å². The van der Waals surface area contributed by atoms with Gasteiger partial charge >= 0.3 is 12.0 Å². The Morgan fingerprint density at radius 3 is 2.46 bits per heavy atom. The molecule has 1 aromatic carbocycles. The van der Waals surface area contributed by atoms with Crippen molar-refractivity contribution in [3.05, 3.63) is 45.1 Å². The second kappa shape index (κ2) is 7.80. The van der Waals surface area contributed by atoms with Crippen molar-refractivity contribution in [3.63, 3.8) is 0 Å². The summed E-state index contributed by atoms with van der Waals surface area (Å²) in [5, 5.41) is 9.58. The third-order valence-corrected chi connectivity index (χ3v) is 3.98. The van der Waals surface area contributed by atoms with Crippen molar-refractivity contribution in [2.45, 2.75) is 19.0 Å². The van der Waals surface area contributed by atoms with Crippen LogP contribution in [0.5, 0.6) is 11.8 Å². The van der Waals surface area contributed by atoms with Crippen molar-refractivity contribution in [3.8, 4) is 11.8 Å². The lowest BCUT2D eigenvalue weighted by atomic mass is 10.0. The van der Waals surface area contributed by atoms with Gasteiger partial charge in [-0.3, -0.25) is 0 Å². The van der Waals surface area contributed by atoms with Crippen LogP contribution < -0.4 is 4.74 Å². The van der Waals surface area contributed by atoms with Gasteiger partial charge in [0.05, 0.1) is 17.4 Å². The number of carbonyl (C=O) groups is 1. The highest BCUT2D eigenvalue weighted by Crippen LogP contribution is 2.34. The number of hydrogen-bond donors (Lipinski definition) is 1. The van der Waals surface area contributed by atoms with Gasteiger partial charge in [-0.05, 0) is 27.6 Å². The lowest BCUT2D eigenvalue weighted by molar-refractivity contribution is 0.0502. The van der Waals surface area contributed by atoms with Crippen LogP contribution in [0.3, 0.4) is 0 Å². The fraction of sp³-hybridized carbons (Fsp3) is 0.214. The van der Waals surface area contributed by atoms with Gasteiger partial charge in [-0.15, -0.1) is 0 Å². The first-order valence-electron chi connectivity index (χ1n) is 6.42. The number of nitrogens with zero attached hydrogens (tertiary/aromatic N) is 2. The van der Waals surface area contributed by atoms with Crippen molar-refractivity contribution < 1.29 is 27.8 Å². The largest absolute Gasteiger partial charge is 0.478 e. The molecule has 0 aliphatic carbocycles. The summed E-state index contributed by atoms with van der Waals surface area (Å²) in [7, 11) is 0. The van der Waals surface area contributed by atoms with E-state index in [-0.39, 0.29) is 32.4 Å². The lowest BCUT2D eigenvalue weighted by Crippen LogP contribution is -2.16. The Morgan fingerprint density at radius 1 is 1.29 bits per heavy atom. The zero-order chi connectivity index (χ0) is 17.9. The van der Waals surface area contributed by atoms with Gasteiger partial charge in [0.15, 0.2) is 6.17 Å². The summed E-state index contributed by atoms with van der Waals surface area (Å²) in [5.74, 6) is -1.52. The van der Waals surface area contributed by atoms with E-state index in [1.165, 1.54) is 24.5 Å². The average Bonchev–Trinajstić information content (AvgIpc) is 2.51. The van der Waals surface area contributed by atoms with E-state index in [2.05, 4.69) is 25.9 Å². The monoisotopic (exact) mass is 424 g/mol. The summed E-state index contributed by atoms with van der Waals surface area (Å²) >= 11 is 8.64. The van der Waals surface area contributed by atoms with Crippen LogP contribution in [-0.4, -0.2) is 33.6 Å². The Balaban J connectivity index is 2.37. The number of aromatic carboxylic acids is 1. The zero-order valence-corrected chi connectivity index (χ0v) is 14.1. The number of carboxylic acid groups (broad SMARTS) is 1. The van der Waals surface area contributed by atoms with E-state index in [1.807, 2.05) is 0 Å². The smallest absolute Gasteiger partial charge is 0.340 e. The number of alkyl halides is 3. The molecule has 24 heavy (non-hydrogen) atoms. The predicted molar refractivity (Wildman–Crippen MR) is 82.8 cm³/mol. The summed E-state index contributed by atoms with van der Waals surface area (Å²) in [4.78, 5) is 19.0. The third-order valence-electron chi connectivity index (χ3n) is 2.88. The van der Waals surface area contributed by atoms with Crippen molar-refractivity contribution in [2.75, 3.05) is 0 Å². The minimum absolute atomic E-state index is 0.0511. The number of hydrogen-bond acceptors (Lipinski definition) is 4. The molecule has 1 heterocycles. The van der Waals surface area contributed by atoms with E-state index in [4.69, 9.17) is 16.3 Å². The molecule has 1 unspecified atom stereocenters. The van der Waals surface area contributed by atoms with E-state index in [0.29, 0.717) is 0 Å². The van der Waals surface area contributed by atoms with Gasteiger partial charge in [0.1, 0.15) is 11.3 Å². The Labute approximate surface area is 147 Å². The van der Waals surface area contributed by atoms with Crippen LogP contribution in [0.15, 0.2) is 29.0 Å². The van der Waals surface area contributed by atoms with Crippen LogP contribution in [0.4, 0.5) is 13.2 Å². The molecule has 0 spiro atoms. The number of ether oxygens (including phenoxy) is 1. The molecule has 0 aliphatic rings. The molecular formula is C14H9BrClF3N2O3. The molecule has 2 aromatic rings. The minimum Gasteiger partial charge on any atom is -0.478 e. The maximum Gasteiger partial charge on any atom is 0.340 e.